The maximum absolute atomic E-state index is 13.2. The highest BCUT2D eigenvalue weighted by atomic mass is 32.2. The van der Waals surface area contributed by atoms with E-state index in [4.69, 9.17) is 9.40 Å². The highest BCUT2D eigenvalue weighted by Crippen LogP contribution is 2.32. The minimum atomic E-state index is 0.101. The van der Waals surface area contributed by atoms with Gasteiger partial charge in [0.05, 0.1) is 10.9 Å². The van der Waals surface area contributed by atoms with Crippen molar-refractivity contribution in [2.75, 3.05) is 5.75 Å². The van der Waals surface area contributed by atoms with Crippen molar-refractivity contribution in [2.45, 2.75) is 49.7 Å². The van der Waals surface area contributed by atoms with Gasteiger partial charge in [-0.05, 0) is 43.5 Å². The van der Waals surface area contributed by atoms with Gasteiger partial charge in [0, 0.05) is 18.2 Å². The van der Waals surface area contributed by atoms with Crippen LogP contribution in [0.25, 0.3) is 22.0 Å². The molecule has 1 saturated carbocycles. The van der Waals surface area contributed by atoms with E-state index >= 15 is 0 Å². The predicted molar refractivity (Wildman–Crippen MR) is 117 cm³/mol. The van der Waals surface area contributed by atoms with Gasteiger partial charge in [0.15, 0.2) is 16.6 Å². The average molecular weight is 406 g/mol. The second-order valence-corrected chi connectivity index (χ2v) is 8.61. The molecule has 148 valence electrons. The van der Waals surface area contributed by atoms with Crippen molar-refractivity contribution in [1.29, 1.82) is 0 Å². The van der Waals surface area contributed by atoms with Crippen LogP contribution in [-0.4, -0.2) is 20.3 Å². The summed E-state index contributed by atoms with van der Waals surface area (Å²) in [4.78, 5) is 22.6. The molecule has 1 aliphatic rings. The van der Waals surface area contributed by atoms with E-state index in [1.165, 1.54) is 12.8 Å². The summed E-state index contributed by atoms with van der Waals surface area (Å²) in [5.74, 6) is 1.64. The van der Waals surface area contributed by atoms with Crippen LogP contribution in [0.15, 0.2) is 62.9 Å². The maximum Gasteiger partial charge on any atom is 0.262 e. The zero-order chi connectivity index (χ0) is 19.6. The first-order valence-electron chi connectivity index (χ1n) is 10.3. The molecule has 0 bridgehead atoms. The summed E-state index contributed by atoms with van der Waals surface area (Å²) >= 11 is 1.67. The molecule has 2 aromatic heterocycles. The third kappa shape index (κ3) is 3.69. The normalized spacial score (nSPS) is 14.9. The van der Waals surface area contributed by atoms with Crippen LogP contribution in [0.2, 0.25) is 0 Å². The van der Waals surface area contributed by atoms with Crippen molar-refractivity contribution in [3.63, 3.8) is 0 Å². The molecule has 0 atom stereocenters. The number of oxazole rings is 1. The number of aromatic nitrogens is 3. The van der Waals surface area contributed by atoms with Crippen molar-refractivity contribution in [3.05, 3.63) is 64.8 Å². The number of thioether (sulfide) groups is 1. The summed E-state index contributed by atoms with van der Waals surface area (Å²) in [6.45, 7) is 0. The van der Waals surface area contributed by atoms with Crippen molar-refractivity contribution in [2.24, 2.45) is 0 Å². The van der Waals surface area contributed by atoms with Gasteiger partial charge >= 0.3 is 0 Å². The lowest BCUT2D eigenvalue weighted by molar-refractivity contribution is 0.457. The fourth-order valence-electron chi connectivity index (χ4n) is 4.13. The summed E-state index contributed by atoms with van der Waals surface area (Å²) in [5.41, 5.74) is 2.62. The number of rotatable bonds is 6. The Hall–Kier alpha value is -2.60. The second kappa shape index (κ2) is 8.03. The molecule has 5 rings (SSSR count). The van der Waals surface area contributed by atoms with E-state index in [-0.39, 0.29) is 11.6 Å². The Morgan fingerprint density at radius 1 is 1.00 bits per heavy atom. The van der Waals surface area contributed by atoms with Gasteiger partial charge in [-0.3, -0.25) is 9.36 Å². The van der Waals surface area contributed by atoms with Gasteiger partial charge in [-0.2, -0.15) is 0 Å². The van der Waals surface area contributed by atoms with E-state index < -0.39 is 0 Å². The predicted octanol–water partition coefficient (Wildman–Crippen LogP) is 5.38. The van der Waals surface area contributed by atoms with Crippen LogP contribution in [-0.2, 0) is 6.42 Å². The smallest absolute Gasteiger partial charge is 0.262 e. The molecule has 0 saturated heterocycles. The summed E-state index contributed by atoms with van der Waals surface area (Å²) in [5, 5.41) is 1.56. The Bertz CT molecular complexity index is 1170. The molecule has 0 spiro atoms. The molecule has 1 aliphatic carbocycles. The molecule has 0 unspecified atom stereocenters. The highest BCUT2D eigenvalue weighted by Gasteiger charge is 2.22. The molecule has 0 N–H and O–H groups in total. The molecule has 1 fully saturated rings. The van der Waals surface area contributed by atoms with Crippen LogP contribution < -0.4 is 5.56 Å². The fraction of sp³-hybridized carbons (Fsp3) is 0.348. The van der Waals surface area contributed by atoms with Gasteiger partial charge in [-0.25, -0.2) is 9.97 Å². The highest BCUT2D eigenvalue weighted by molar-refractivity contribution is 7.99. The van der Waals surface area contributed by atoms with E-state index in [0.717, 1.165) is 64.5 Å². The molecule has 6 heteroatoms. The summed E-state index contributed by atoms with van der Waals surface area (Å²) in [6, 6.07) is 15.8. The monoisotopic (exact) mass is 405 g/mol. The number of para-hydroxylation sites is 3. The molecule has 0 radical (unpaired) electrons. The van der Waals surface area contributed by atoms with E-state index in [9.17, 15) is 4.79 Å². The van der Waals surface area contributed by atoms with Crippen LogP contribution in [0.5, 0.6) is 0 Å². The van der Waals surface area contributed by atoms with Gasteiger partial charge in [0.1, 0.15) is 5.52 Å². The van der Waals surface area contributed by atoms with Crippen LogP contribution in [0, 0.1) is 0 Å². The zero-order valence-electron chi connectivity index (χ0n) is 16.2. The van der Waals surface area contributed by atoms with Crippen LogP contribution in [0.1, 0.15) is 44.0 Å². The molecular formula is C23H23N3O2S. The van der Waals surface area contributed by atoms with Crippen LogP contribution in [0.3, 0.4) is 0 Å². The molecular weight excluding hydrogens is 382 g/mol. The van der Waals surface area contributed by atoms with E-state index in [2.05, 4.69) is 4.98 Å². The first-order chi connectivity index (χ1) is 14.3. The van der Waals surface area contributed by atoms with Gasteiger partial charge < -0.3 is 4.42 Å². The number of benzene rings is 2. The Morgan fingerprint density at radius 2 is 1.76 bits per heavy atom. The Balaban J connectivity index is 1.35. The first kappa shape index (κ1) is 18.4. The third-order valence-electron chi connectivity index (χ3n) is 5.57. The van der Waals surface area contributed by atoms with E-state index in [0.29, 0.717) is 0 Å². The Labute approximate surface area is 173 Å². The van der Waals surface area contributed by atoms with Crippen molar-refractivity contribution in [1.82, 2.24) is 14.5 Å². The standard InChI is InChI=1S/C23H23N3O2S/c27-22-17-10-3-4-11-18(17)25-23(26(22)16-8-1-2-9-16)29-15-7-14-21-24-19-12-5-6-13-20(19)28-21/h3-6,10-13,16H,1-2,7-9,14-15H2. The number of aryl methyl sites for hydroxylation is 1. The van der Waals surface area contributed by atoms with Crippen molar-refractivity contribution < 1.29 is 4.42 Å². The summed E-state index contributed by atoms with van der Waals surface area (Å²) in [6.07, 6.45) is 6.21. The van der Waals surface area contributed by atoms with E-state index in [1.54, 1.807) is 11.8 Å². The average Bonchev–Trinajstić information content (AvgIpc) is 3.41. The molecule has 29 heavy (non-hydrogen) atoms. The van der Waals surface area contributed by atoms with E-state index in [1.807, 2.05) is 53.1 Å². The SMILES string of the molecule is O=c1c2ccccc2nc(SCCCc2nc3ccccc3o2)n1C1CCCC1. The lowest BCUT2D eigenvalue weighted by Gasteiger charge is -2.18. The minimum absolute atomic E-state index is 0.101. The lowest BCUT2D eigenvalue weighted by Crippen LogP contribution is -2.26. The summed E-state index contributed by atoms with van der Waals surface area (Å²) < 4.78 is 7.77. The van der Waals surface area contributed by atoms with Gasteiger partial charge in [-0.1, -0.05) is 48.9 Å². The first-order valence-corrected chi connectivity index (χ1v) is 11.3. The van der Waals surface area contributed by atoms with Crippen molar-refractivity contribution in [3.8, 4) is 0 Å². The minimum Gasteiger partial charge on any atom is -0.441 e. The zero-order valence-corrected chi connectivity index (χ0v) is 17.0. The maximum atomic E-state index is 13.2. The van der Waals surface area contributed by atoms with Gasteiger partial charge in [0.25, 0.3) is 5.56 Å². The Kier molecular flexibility index (Phi) is 5.10. The van der Waals surface area contributed by atoms with Gasteiger partial charge in [-0.15, -0.1) is 0 Å². The quantitative estimate of drug-likeness (QED) is 0.245. The van der Waals surface area contributed by atoms with Gasteiger partial charge in [0.2, 0.25) is 0 Å². The second-order valence-electron chi connectivity index (χ2n) is 7.55. The molecule has 5 nitrogen and oxygen atoms in total. The van der Waals surface area contributed by atoms with Crippen LogP contribution in [0.4, 0.5) is 0 Å². The Morgan fingerprint density at radius 3 is 2.59 bits per heavy atom. The van der Waals surface area contributed by atoms with Crippen LogP contribution >= 0.6 is 11.8 Å². The third-order valence-corrected chi connectivity index (χ3v) is 6.61. The number of fused-ring (bicyclic) bond motifs is 2. The largest absolute Gasteiger partial charge is 0.441 e. The number of hydrogen-bond donors (Lipinski definition) is 0. The molecule has 2 heterocycles. The molecule has 0 aliphatic heterocycles. The lowest BCUT2D eigenvalue weighted by atomic mass is 10.2. The molecule has 2 aromatic carbocycles. The molecule has 0 amide bonds. The topological polar surface area (TPSA) is 60.9 Å². The fourth-order valence-corrected chi connectivity index (χ4v) is 5.13. The molecule has 4 aromatic rings. The summed E-state index contributed by atoms with van der Waals surface area (Å²) in [7, 11) is 0. The van der Waals surface area contributed by atoms with Crippen molar-refractivity contribution >= 4 is 33.8 Å². The number of hydrogen-bond acceptors (Lipinski definition) is 5. The number of nitrogens with zero attached hydrogens (tertiary/aromatic N) is 3.